The molecule has 0 atom stereocenters. The van der Waals surface area contributed by atoms with Crippen LogP contribution in [0.25, 0.3) is 5.82 Å². The van der Waals surface area contributed by atoms with E-state index in [1.807, 2.05) is 23.0 Å². The lowest BCUT2D eigenvalue weighted by atomic mass is 10.3. The van der Waals surface area contributed by atoms with Gasteiger partial charge in [-0.1, -0.05) is 6.07 Å². The van der Waals surface area contributed by atoms with Gasteiger partial charge in [0.15, 0.2) is 5.82 Å². The Hall–Kier alpha value is -1.35. The first-order valence-electron chi connectivity index (χ1n) is 5.43. The molecule has 3 rings (SSSR count). The Labute approximate surface area is 99.1 Å². The van der Waals surface area contributed by atoms with Crippen LogP contribution in [0.2, 0.25) is 0 Å². The molecule has 1 fully saturated rings. The molecule has 4 heteroatoms. The molecule has 3 nitrogen and oxygen atoms in total. The van der Waals surface area contributed by atoms with Crippen molar-refractivity contribution in [3.8, 4) is 5.82 Å². The number of alkyl halides is 1. The van der Waals surface area contributed by atoms with Crippen molar-refractivity contribution in [2.24, 2.45) is 0 Å². The van der Waals surface area contributed by atoms with Crippen molar-refractivity contribution in [2.45, 2.75) is 24.6 Å². The molecule has 0 bridgehead atoms. The highest BCUT2D eigenvalue weighted by atomic mass is 35.5. The largest absolute Gasteiger partial charge is 0.237 e. The molecule has 2 aromatic rings. The summed E-state index contributed by atoms with van der Waals surface area (Å²) < 4.78 is 1.83. The van der Waals surface area contributed by atoms with Gasteiger partial charge in [-0.2, -0.15) is 5.10 Å². The highest BCUT2D eigenvalue weighted by Gasteiger charge is 2.25. The van der Waals surface area contributed by atoms with Crippen LogP contribution in [0, 0.1) is 0 Å². The summed E-state index contributed by atoms with van der Waals surface area (Å²) in [5.74, 6) is 2.03. The van der Waals surface area contributed by atoms with Gasteiger partial charge in [-0.3, -0.25) is 0 Å². The minimum Gasteiger partial charge on any atom is -0.237 e. The summed E-state index contributed by atoms with van der Waals surface area (Å²) in [5, 5.41) is 4.52. The Morgan fingerprint density at radius 1 is 1.31 bits per heavy atom. The van der Waals surface area contributed by atoms with Crippen LogP contribution >= 0.6 is 11.6 Å². The number of hydrogen-bond donors (Lipinski definition) is 0. The molecule has 0 aromatic carbocycles. The van der Waals surface area contributed by atoms with Crippen molar-refractivity contribution >= 4 is 11.6 Å². The first kappa shape index (κ1) is 9.85. The van der Waals surface area contributed by atoms with Crippen LogP contribution < -0.4 is 0 Å². The standard InChI is InChI=1S/C12H12ClN3/c13-7-9-1-4-12(14-8-9)16-6-5-11(15-16)10-2-3-10/h1,4-6,8,10H,2-3,7H2. The fourth-order valence-corrected chi connectivity index (χ4v) is 1.85. The second kappa shape index (κ2) is 3.91. The summed E-state index contributed by atoms with van der Waals surface area (Å²) in [4.78, 5) is 4.33. The smallest absolute Gasteiger partial charge is 0.153 e. The molecular formula is C12H12ClN3. The molecule has 0 N–H and O–H groups in total. The Morgan fingerprint density at radius 3 is 2.81 bits per heavy atom. The molecule has 0 saturated heterocycles. The molecule has 0 unspecified atom stereocenters. The van der Waals surface area contributed by atoms with Crippen molar-refractivity contribution in [2.75, 3.05) is 0 Å². The molecule has 0 amide bonds. The van der Waals surface area contributed by atoms with Crippen molar-refractivity contribution in [3.05, 3.63) is 41.9 Å². The Morgan fingerprint density at radius 2 is 2.19 bits per heavy atom. The minimum absolute atomic E-state index is 0.500. The number of rotatable bonds is 3. The molecule has 2 aromatic heterocycles. The second-order valence-corrected chi connectivity index (χ2v) is 4.38. The van der Waals surface area contributed by atoms with Crippen LogP contribution in [-0.2, 0) is 5.88 Å². The fraction of sp³-hybridized carbons (Fsp3) is 0.333. The Balaban J connectivity index is 1.88. The molecule has 16 heavy (non-hydrogen) atoms. The highest BCUT2D eigenvalue weighted by Crippen LogP contribution is 2.38. The Bertz CT molecular complexity index is 485. The lowest BCUT2D eigenvalue weighted by Crippen LogP contribution is -1.99. The van der Waals surface area contributed by atoms with Crippen LogP contribution in [-0.4, -0.2) is 14.8 Å². The van der Waals surface area contributed by atoms with Crippen LogP contribution in [0.4, 0.5) is 0 Å². The SMILES string of the molecule is ClCc1ccc(-n2ccc(C3CC3)n2)nc1. The fourth-order valence-electron chi connectivity index (χ4n) is 1.69. The maximum Gasteiger partial charge on any atom is 0.153 e. The van der Waals surface area contributed by atoms with E-state index < -0.39 is 0 Å². The average Bonchev–Trinajstić information content (AvgIpc) is 3.08. The molecule has 0 spiro atoms. The van der Waals surface area contributed by atoms with Crippen molar-refractivity contribution in [1.29, 1.82) is 0 Å². The van der Waals surface area contributed by atoms with Crippen LogP contribution in [0.1, 0.15) is 30.0 Å². The van der Waals surface area contributed by atoms with Crippen LogP contribution in [0.5, 0.6) is 0 Å². The summed E-state index contributed by atoms with van der Waals surface area (Å²) in [6, 6.07) is 6.00. The van der Waals surface area contributed by atoms with Gasteiger partial charge in [-0.25, -0.2) is 9.67 Å². The second-order valence-electron chi connectivity index (χ2n) is 4.12. The van der Waals surface area contributed by atoms with E-state index in [0.29, 0.717) is 11.8 Å². The predicted octanol–water partition coefficient (Wildman–Crippen LogP) is 2.88. The third kappa shape index (κ3) is 1.83. The van der Waals surface area contributed by atoms with E-state index in [1.54, 1.807) is 6.20 Å². The predicted molar refractivity (Wildman–Crippen MR) is 62.9 cm³/mol. The van der Waals surface area contributed by atoms with E-state index >= 15 is 0 Å². The molecular weight excluding hydrogens is 222 g/mol. The number of pyridine rings is 1. The molecule has 82 valence electrons. The van der Waals surface area contributed by atoms with E-state index in [0.717, 1.165) is 11.4 Å². The maximum atomic E-state index is 5.72. The van der Waals surface area contributed by atoms with Gasteiger partial charge in [0, 0.05) is 24.2 Å². The van der Waals surface area contributed by atoms with Crippen LogP contribution in [0.3, 0.4) is 0 Å². The lowest BCUT2D eigenvalue weighted by molar-refractivity contribution is 0.811. The Kier molecular flexibility index (Phi) is 2.40. The van der Waals surface area contributed by atoms with Crippen molar-refractivity contribution in [1.82, 2.24) is 14.8 Å². The van der Waals surface area contributed by atoms with Crippen LogP contribution in [0.15, 0.2) is 30.6 Å². The molecule has 1 aliphatic rings. The zero-order chi connectivity index (χ0) is 11.0. The maximum absolute atomic E-state index is 5.72. The highest BCUT2D eigenvalue weighted by molar-refractivity contribution is 6.17. The van der Waals surface area contributed by atoms with Gasteiger partial charge in [-0.15, -0.1) is 11.6 Å². The molecule has 1 saturated carbocycles. The summed E-state index contributed by atoms with van der Waals surface area (Å²) in [7, 11) is 0. The quantitative estimate of drug-likeness (QED) is 0.764. The average molecular weight is 234 g/mol. The first-order chi connectivity index (χ1) is 7.86. The first-order valence-corrected chi connectivity index (χ1v) is 5.97. The van der Waals surface area contributed by atoms with E-state index in [4.69, 9.17) is 11.6 Å². The third-order valence-electron chi connectivity index (χ3n) is 2.80. The van der Waals surface area contributed by atoms with Gasteiger partial charge >= 0.3 is 0 Å². The molecule has 0 aliphatic heterocycles. The van der Waals surface area contributed by atoms with E-state index in [9.17, 15) is 0 Å². The number of halogens is 1. The summed E-state index contributed by atoms with van der Waals surface area (Å²) in [6.07, 6.45) is 6.31. The van der Waals surface area contributed by atoms with E-state index in [-0.39, 0.29) is 0 Å². The van der Waals surface area contributed by atoms with Gasteiger partial charge in [0.05, 0.1) is 5.69 Å². The molecule has 2 heterocycles. The van der Waals surface area contributed by atoms with E-state index in [2.05, 4.69) is 16.1 Å². The summed E-state index contributed by atoms with van der Waals surface area (Å²) in [5.41, 5.74) is 2.21. The van der Waals surface area contributed by atoms with Gasteiger partial charge in [-0.05, 0) is 30.5 Å². The number of nitrogens with zero attached hydrogens (tertiary/aromatic N) is 3. The summed E-state index contributed by atoms with van der Waals surface area (Å²) in [6.45, 7) is 0. The topological polar surface area (TPSA) is 30.7 Å². The van der Waals surface area contributed by atoms with Crippen molar-refractivity contribution < 1.29 is 0 Å². The molecule has 1 aliphatic carbocycles. The number of hydrogen-bond acceptors (Lipinski definition) is 2. The normalized spacial score (nSPS) is 15.3. The van der Waals surface area contributed by atoms with Gasteiger partial charge in [0.2, 0.25) is 0 Å². The summed E-state index contributed by atoms with van der Waals surface area (Å²) >= 11 is 5.72. The van der Waals surface area contributed by atoms with E-state index in [1.165, 1.54) is 18.5 Å². The number of aromatic nitrogens is 3. The zero-order valence-corrected chi connectivity index (χ0v) is 9.56. The zero-order valence-electron chi connectivity index (χ0n) is 8.81. The van der Waals surface area contributed by atoms with Gasteiger partial charge < -0.3 is 0 Å². The lowest BCUT2D eigenvalue weighted by Gasteiger charge is -2.00. The van der Waals surface area contributed by atoms with Gasteiger partial charge in [0.25, 0.3) is 0 Å². The monoisotopic (exact) mass is 233 g/mol. The third-order valence-corrected chi connectivity index (χ3v) is 3.11. The van der Waals surface area contributed by atoms with Gasteiger partial charge in [0.1, 0.15) is 0 Å². The van der Waals surface area contributed by atoms with Crippen molar-refractivity contribution in [3.63, 3.8) is 0 Å². The molecule has 0 radical (unpaired) electrons. The minimum atomic E-state index is 0.500.